The fourth-order valence-electron chi connectivity index (χ4n) is 1.36. The standard InChI is InChI=1S/C9H8NO5/c11-5-6-3-8-9(15-2-1-14-8)4-7(6)10(12)13/h3-5H,1-2H2,(H-,11,12,13)/q-1. The van der Waals surface area contributed by atoms with Gasteiger partial charge in [-0.05, 0) is 0 Å². The smallest absolute Gasteiger partial charge is 0.237 e. The molecule has 0 atom stereocenters. The molecule has 6 nitrogen and oxygen atoms in total. The lowest BCUT2D eigenvalue weighted by atomic mass is 10.0. The lowest BCUT2D eigenvalue weighted by molar-refractivity contribution is -0.377. The van der Waals surface area contributed by atoms with E-state index in [0.717, 1.165) is 0 Å². The van der Waals surface area contributed by atoms with Gasteiger partial charge < -0.3 is 25.0 Å². The average molecular weight is 210 g/mol. The summed E-state index contributed by atoms with van der Waals surface area (Å²) in [6, 6.07) is 0. The number of nitrogens with zero attached hydrogens (tertiary/aromatic N) is 1. The molecule has 80 valence electrons. The molecule has 0 saturated carbocycles. The zero-order valence-corrected chi connectivity index (χ0v) is 7.67. The molecule has 2 rings (SSSR count). The maximum atomic E-state index is 10.6. The van der Waals surface area contributed by atoms with E-state index in [2.05, 4.69) is 0 Å². The van der Waals surface area contributed by atoms with Gasteiger partial charge in [0.15, 0.2) is 11.5 Å². The van der Waals surface area contributed by atoms with E-state index in [0.29, 0.717) is 31.0 Å². The van der Waals surface area contributed by atoms with Gasteiger partial charge in [0.1, 0.15) is 13.2 Å². The van der Waals surface area contributed by atoms with Crippen LogP contribution in [0.2, 0.25) is 0 Å². The summed E-state index contributed by atoms with van der Waals surface area (Å²) in [5, 5.41) is 30.1. The van der Waals surface area contributed by atoms with Gasteiger partial charge in [0.05, 0.1) is 17.9 Å². The Bertz CT molecular complexity index is 401. The first-order valence-corrected chi connectivity index (χ1v) is 4.28. The second-order valence-corrected chi connectivity index (χ2v) is 2.94. The quantitative estimate of drug-likeness (QED) is 0.361. The van der Waals surface area contributed by atoms with Crippen LogP contribution < -0.4 is 0 Å². The first-order valence-electron chi connectivity index (χ1n) is 4.28. The minimum Gasteiger partial charge on any atom is -0.612 e. The summed E-state index contributed by atoms with van der Waals surface area (Å²) >= 11 is 0. The minimum atomic E-state index is -0.583. The molecule has 0 radical (unpaired) electrons. The van der Waals surface area contributed by atoms with Crippen molar-refractivity contribution < 1.29 is 19.5 Å². The highest BCUT2D eigenvalue weighted by atomic mass is 16.8. The van der Waals surface area contributed by atoms with Crippen molar-refractivity contribution in [3.05, 3.63) is 45.9 Å². The molecule has 1 aliphatic carbocycles. The zero-order valence-electron chi connectivity index (χ0n) is 7.67. The maximum Gasteiger partial charge on any atom is 0.237 e. The van der Waals surface area contributed by atoms with Crippen LogP contribution in [0.5, 0.6) is 0 Å². The second-order valence-electron chi connectivity index (χ2n) is 2.94. The molecular formula is C9H8NO5-. The van der Waals surface area contributed by atoms with Gasteiger partial charge >= 0.3 is 0 Å². The predicted molar refractivity (Wildman–Crippen MR) is 50.8 cm³/mol. The average Bonchev–Trinajstić information content (AvgIpc) is 2.27. The number of aliphatic hydroxyl groups excluding tert-OH is 1. The van der Waals surface area contributed by atoms with Gasteiger partial charge in [0.2, 0.25) is 5.71 Å². The maximum absolute atomic E-state index is 10.6. The van der Waals surface area contributed by atoms with Crippen LogP contribution in [0.4, 0.5) is 0 Å². The molecule has 0 unspecified atom stereocenters. The number of rotatable bonds is 0. The van der Waals surface area contributed by atoms with Crippen molar-refractivity contribution in [2.75, 3.05) is 13.2 Å². The zero-order chi connectivity index (χ0) is 10.8. The number of hydrogen-bond donors (Lipinski definition) is 1. The summed E-state index contributed by atoms with van der Waals surface area (Å²) in [5.74, 6) is 0.741. The van der Waals surface area contributed by atoms with Gasteiger partial charge in [-0.15, -0.1) is 0 Å². The van der Waals surface area contributed by atoms with E-state index in [4.69, 9.17) is 14.6 Å². The summed E-state index contributed by atoms with van der Waals surface area (Å²) in [6.45, 7) is 0.766. The third-order valence-corrected chi connectivity index (χ3v) is 2.03. The van der Waals surface area contributed by atoms with E-state index in [1.54, 1.807) is 0 Å². The molecule has 0 aromatic heterocycles. The molecule has 1 N–H and O–H groups in total. The molecule has 1 aliphatic heterocycles. The largest absolute Gasteiger partial charge is 0.612 e. The van der Waals surface area contributed by atoms with E-state index >= 15 is 0 Å². The molecule has 1 saturated heterocycles. The number of aliphatic hydroxyl groups is 1. The van der Waals surface area contributed by atoms with E-state index in [9.17, 15) is 10.4 Å². The molecule has 0 bridgehead atoms. The highest BCUT2D eigenvalue weighted by Crippen LogP contribution is 2.25. The first kappa shape index (κ1) is 9.45. The van der Waals surface area contributed by atoms with Gasteiger partial charge in [-0.3, -0.25) is 0 Å². The Morgan fingerprint density at radius 2 is 1.80 bits per heavy atom. The van der Waals surface area contributed by atoms with Gasteiger partial charge in [-0.2, -0.15) is 4.90 Å². The summed E-state index contributed by atoms with van der Waals surface area (Å²) < 4.78 is 10.4. The Balaban J connectivity index is 2.45. The lowest BCUT2D eigenvalue weighted by Crippen LogP contribution is -2.22. The lowest BCUT2D eigenvalue weighted by Gasteiger charge is -2.23. The Morgan fingerprint density at radius 1 is 1.20 bits per heavy atom. The van der Waals surface area contributed by atoms with E-state index in [1.165, 1.54) is 12.2 Å². The molecule has 1 heterocycles. The van der Waals surface area contributed by atoms with Crippen molar-refractivity contribution in [1.82, 2.24) is 0 Å². The van der Waals surface area contributed by atoms with Crippen molar-refractivity contribution in [3.63, 3.8) is 0 Å². The van der Waals surface area contributed by atoms with Gasteiger partial charge in [0, 0.05) is 6.08 Å². The fraction of sp³-hybridized carbons (Fsp3) is 0.222. The third-order valence-electron chi connectivity index (χ3n) is 2.03. The van der Waals surface area contributed by atoms with Crippen molar-refractivity contribution in [1.29, 1.82) is 0 Å². The van der Waals surface area contributed by atoms with Crippen LogP contribution in [-0.4, -0.2) is 28.9 Å². The summed E-state index contributed by atoms with van der Waals surface area (Å²) in [4.78, 5) is -0.583. The topological polar surface area (TPSA) is 87.8 Å². The van der Waals surface area contributed by atoms with Crippen LogP contribution in [0, 0.1) is 10.4 Å². The molecule has 0 aromatic carbocycles. The highest BCUT2D eigenvalue weighted by Gasteiger charge is 2.25. The molecule has 15 heavy (non-hydrogen) atoms. The molecule has 0 amide bonds. The fourth-order valence-corrected chi connectivity index (χ4v) is 1.36. The predicted octanol–water partition coefficient (Wildman–Crippen LogP) is 0.706. The van der Waals surface area contributed by atoms with Gasteiger partial charge in [-0.25, -0.2) is 0 Å². The number of hydrogen-bond acceptors (Lipinski definition) is 5. The molecule has 0 aromatic rings. The molecule has 6 heteroatoms. The number of ether oxygens (including phenoxy) is 2. The van der Waals surface area contributed by atoms with Gasteiger partial charge in [-0.1, -0.05) is 0 Å². The molecule has 1 fully saturated rings. The van der Waals surface area contributed by atoms with Crippen LogP contribution >= 0.6 is 0 Å². The Labute approximate surface area is 85.2 Å². The highest BCUT2D eigenvalue weighted by molar-refractivity contribution is 6.08. The molecular weight excluding hydrogens is 202 g/mol. The summed E-state index contributed by atoms with van der Waals surface area (Å²) in [5.41, 5.74) is -0.106. The normalized spacial score (nSPS) is 22.1. The van der Waals surface area contributed by atoms with E-state index in [1.807, 2.05) is 0 Å². The minimum absolute atomic E-state index is 0.101. The van der Waals surface area contributed by atoms with Crippen LogP contribution in [0.15, 0.2) is 35.5 Å². The first-order chi connectivity index (χ1) is 7.22. The molecule has 2 aliphatic rings. The van der Waals surface area contributed by atoms with Gasteiger partial charge in [0.25, 0.3) is 0 Å². The summed E-state index contributed by atoms with van der Waals surface area (Å²) in [6.07, 6.45) is 3.31. The number of fused-ring (bicyclic) bond motifs is 1. The molecule has 0 spiro atoms. The number of allylic oxidation sites excluding steroid dienone is 3. The monoisotopic (exact) mass is 210 g/mol. The SMILES string of the molecule is [O-][N+]([O-])=C1C=C2OCCOC2=CC1=CO. The van der Waals surface area contributed by atoms with Crippen molar-refractivity contribution >= 4 is 5.71 Å². The van der Waals surface area contributed by atoms with Crippen molar-refractivity contribution in [3.8, 4) is 0 Å². The Hall–Kier alpha value is -2.11. The third kappa shape index (κ3) is 1.61. The second kappa shape index (κ2) is 3.56. The van der Waals surface area contributed by atoms with Crippen LogP contribution in [0.1, 0.15) is 0 Å². The Morgan fingerprint density at radius 3 is 2.33 bits per heavy atom. The van der Waals surface area contributed by atoms with Crippen LogP contribution in [-0.2, 0) is 9.47 Å². The van der Waals surface area contributed by atoms with Crippen molar-refractivity contribution in [2.24, 2.45) is 0 Å². The summed E-state index contributed by atoms with van der Waals surface area (Å²) in [7, 11) is 0. The van der Waals surface area contributed by atoms with Crippen molar-refractivity contribution in [2.45, 2.75) is 0 Å². The van der Waals surface area contributed by atoms with E-state index < -0.39 is 4.90 Å². The van der Waals surface area contributed by atoms with Crippen LogP contribution in [0.3, 0.4) is 0 Å². The van der Waals surface area contributed by atoms with Crippen LogP contribution in [0.25, 0.3) is 0 Å². The Kier molecular flexibility index (Phi) is 2.24. The van der Waals surface area contributed by atoms with E-state index in [-0.39, 0.29) is 11.3 Å².